The van der Waals surface area contributed by atoms with Crippen molar-refractivity contribution >= 4 is 38.9 Å². The molecule has 3 aromatic carbocycles. The lowest BCUT2D eigenvalue weighted by Crippen LogP contribution is -2.35. The molecule has 166 valence electrons. The highest BCUT2D eigenvalue weighted by Gasteiger charge is 2.36. The summed E-state index contributed by atoms with van der Waals surface area (Å²) in [7, 11) is -2.20. The van der Waals surface area contributed by atoms with Crippen LogP contribution >= 0.6 is 11.6 Å². The number of anilines is 2. The van der Waals surface area contributed by atoms with Gasteiger partial charge in [-0.05, 0) is 74.4 Å². The molecule has 3 aromatic rings. The number of sulfonamides is 1. The zero-order valence-corrected chi connectivity index (χ0v) is 19.5. The van der Waals surface area contributed by atoms with Crippen molar-refractivity contribution < 1.29 is 17.9 Å². The van der Waals surface area contributed by atoms with Crippen molar-refractivity contribution in [1.82, 2.24) is 0 Å². The number of methoxy groups -OCH3 is 1. The van der Waals surface area contributed by atoms with Crippen LogP contribution in [0.15, 0.2) is 65.6 Å². The Morgan fingerprint density at radius 3 is 2.50 bits per heavy atom. The Balaban J connectivity index is 1.64. The van der Waals surface area contributed by atoms with E-state index in [1.54, 1.807) is 60.7 Å². The van der Waals surface area contributed by atoms with Gasteiger partial charge >= 0.3 is 0 Å². The highest BCUT2D eigenvalue weighted by molar-refractivity contribution is 7.92. The first kappa shape index (κ1) is 22.2. The number of nitrogens with zero attached hydrogens (tertiary/aromatic N) is 1. The lowest BCUT2D eigenvalue weighted by molar-refractivity contribution is 0.102. The number of carbonyl (C=O) groups excluding carboxylic acids is 1. The van der Waals surface area contributed by atoms with Gasteiger partial charge in [-0.25, -0.2) is 8.42 Å². The normalized spacial score (nSPS) is 15.4. The SMILES string of the molecule is COc1ccc(Cl)cc1NC(=O)c1ccc2c(c1)C[C@@H](C)N2S(=O)(=O)c1ccc(C)cc1. The predicted octanol–water partition coefficient (Wildman–Crippen LogP) is 5.05. The van der Waals surface area contributed by atoms with Gasteiger partial charge in [0.25, 0.3) is 15.9 Å². The first-order valence-electron chi connectivity index (χ1n) is 10.1. The third kappa shape index (κ3) is 4.06. The van der Waals surface area contributed by atoms with Crippen molar-refractivity contribution in [3.8, 4) is 5.75 Å². The number of halogens is 1. The molecule has 1 aliphatic heterocycles. The van der Waals surface area contributed by atoms with Crippen molar-refractivity contribution in [1.29, 1.82) is 0 Å². The summed E-state index contributed by atoms with van der Waals surface area (Å²) in [5.74, 6) is 0.161. The molecule has 0 saturated heterocycles. The fraction of sp³-hybridized carbons (Fsp3) is 0.208. The Labute approximate surface area is 192 Å². The second-order valence-electron chi connectivity index (χ2n) is 7.81. The van der Waals surface area contributed by atoms with Gasteiger partial charge in [-0.3, -0.25) is 9.10 Å². The smallest absolute Gasteiger partial charge is 0.264 e. The number of amides is 1. The van der Waals surface area contributed by atoms with Crippen LogP contribution in [0.4, 0.5) is 11.4 Å². The van der Waals surface area contributed by atoms with E-state index < -0.39 is 10.0 Å². The zero-order valence-electron chi connectivity index (χ0n) is 17.9. The lowest BCUT2D eigenvalue weighted by atomic mass is 10.1. The fourth-order valence-corrected chi connectivity index (χ4v) is 5.77. The minimum atomic E-state index is -3.71. The number of hydrogen-bond acceptors (Lipinski definition) is 4. The molecular formula is C24H23ClN2O4S. The molecule has 0 fully saturated rings. The number of ether oxygens (including phenoxy) is 1. The molecule has 0 spiro atoms. The maximum absolute atomic E-state index is 13.3. The van der Waals surface area contributed by atoms with Gasteiger partial charge in [0.1, 0.15) is 5.75 Å². The monoisotopic (exact) mass is 470 g/mol. The van der Waals surface area contributed by atoms with Gasteiger partial charge in [-0.1, -0.05) is 29.3 Å². The van der Waals surface area contributed by atoms with Gasteiger partial charge in [-0.15, -0.1) is 0 Å². The van der Waals surface area contributed by atoms with E-state index in [9.17, 15) is 13.2 Å². The first-order valence-corrected chi connectivity index (χ1v) is 11.9. The van der Waals surface area contributed by atoms with Gasteiger partial charge in [0, 0.05) is 16.6 Å². The van der Waals surface area contributed by atoms with Crippen molar-refractivity contribution in [2.45, 2.75) is 31.2 Å². The minimum absolute atomic E-state index is 0.248. The van der Waals surface area contributed by atoms with Crippen molar-refractivity contribution in [2.24, 2.45) is 0 Å². The number of benzene rings is 3. The molecule has 6 nitrogen and oxygen atoms in total. The molecule has 0 bridgehead atoms. The Hall–Kier alpha value is -3.03. The van der Waals surface area contributed by atoms with Crippen LogP contribution in [0.3, 0.4) is 0 Å². The maximum Gasteiger partial charge on any atom is 0.264 e. The molecule has 0 saturated carbocycles. The van der Waals surface area contributed by atoms with E-state index in [1.165, 1.54) is 11.4 Å². The number of hydrogen-bond donors (Lipinski definition) is 1. The second-order valence-corrected chi connectivity index (χ2v) is 10.1. The van der Waals surface area contributed by atoms with Crippen LogP contribution in [0.5, 0.6) is 5.75 Å². The van der Waals surface area contributed by atoms with Crippen LogP contribution in [0.25, 0.3) is 0 Å². The molecule has 1 N–H and O–H groups in total. The number of carbonyl (C=O) groups is 1. The molecule has 1 heterocycles. The molecule has 1 amide bonds. The Bertz CT molecular complexity index is 1290. The standard InChI is InChI=1S/C24H23ClN2O4S/c1-15-4-8-20(9-5-15)32(29,30)27-16(2)12-18-13-17(6-10-22(18)27)24(28)26-21-14-19(25)7-11-23(21)31-3/h4-11,13-14,16H,12H2,1-3H3,(H,26,28)/t16-/m1/s1. The summed E-state index contributed by atoms with van der Waals surface area (Å²) in [6.45, 7) is 3.78. The molecule has 32 heavy (non-hydrogen) atoms. The number of fused-ring (bicyclic) bond motifs is 1. The van der Waals surface area contributed by atoms with Crippen LogP contribution in [0.1, 0.15) is 28.4 Å². The Morgan fingerprint density at radius 2 is 1.81 bits per heavy atom. The van der Waals surface area contributed by atoms with Gasteiger partial charge in [0.05, 0.1) is 23.4 Å². The topological polar surface area (TPSA) is 75.7 Å². The first-order chi connectivity index (χ1) is 15.2. The van der Waals surface area contributed by atoms with Crippen molar-refractivity contribution in [3.05, 3.63) is 82.4 Å². The van der Waals surface area contributed by atoms with Gasteiger partial charge in [0.15, 0.2) is 0 Å². The Morgan fingerprint density at radius 1 is 1.09 bits per heavy atom. The third-order valence-electron chi connectivity index (χ3n) is 5.48. The molecule has 0 aliphatic carbocycles. The number of nitrogens with one attached hydrogen (secondary N) is 1. The van der Waals surface area contributed by atoms with Crippen LogP contribution < -0.4 is 14.4 Å². The second kappa shape index (κ2) is 8.48. The van der Waals surface area contributed by atoms with E-state index in [1.807, 2.05) is 13.8 Å². The average Bonchev–Trinajstić information content (AvgIpc) is 3.09. The number of rotatable bonds is 5. The van der Waals surface area contributed by atoms with E-state index in [-0.39, 0.29) is 16.8 Å². The van der Waals surface area contributed by atoms with Gasteiger partial charge in [0.2, 0.25) is 0 Å². The molecule has 4 rings (SSSR count). The molecule has 8 heteroatoms. The van der Waals surface area contributed by atoms with E-state index >= 15 is 0 Å². The van der Waals surface area contributed by atoms with E-state index in [0.717, 1.165) is 11.1 Å². The lowest BCUT2D eigenvalue weighted by Gasteiger charge is -2.24. The van der Waals surface area contributed by atoms with E-state index in [2.05, 4.69) is 5.32 Å². The molecule has 0 radical (unpaired) electrons. The minimum Gasteiger partial charge on any atom is -0.495 e. The van der Waals surface area contributed by atoms with E-state index in [4.69, 9.17) is 16.3 Å². The molecule has 1 atom stereocenters. The molecule has 1 aliphatic rings. The predicted molar refractivity (Wildman–Crippen MR) is 126 cm³/mol. The highest BCUT2D eigenvalue weighted by atomic mass is 35.5. The van der Waals surface area contributed by atoms with Gasteiger partial charge < -0.3 is 10.1 Å². The highest BCUT2D eigenvalue weighted by Crippen LogP contribution is 2.37. The quantitative estimate of drug-likeness (QED) is 0.566. The molecular weight excluding hydrogens is 448 g/mol. The summed E-state index contributed by atoms with van der Waals surface area (Å²) in [5.41, 5.74) is 3.27. The largest absolute Gasteiger partial charge is 0.495 e. The summed E-state index contributed by atoms with van der Waals surface area (Å²) in [5, 5.41) is 3.29. The summed E-state index contributed by atoms with van der Waals surface area (Å²) in [6, 6.07) is 16.6. The molecule has 0 unspecified atom stereocenters. The third-order valence-corrected chi connectivity index (χ3v) is 7.66. The van der Waals surface area contributed by atoms with Crippen LogP contribution in [0, 0.1) is 6.92 Å². The van der Waals surface area contributed by atoms with E-state index in [0.29, 0.717) is 34.1 Å². The fourth-order valence-electron chi connectivity index (χ4n) is 3.91. The van der Waals surface area contributed by atoms with Crippen LogP contribution in [-0.2, 0) is 16.4 Å². The van der Waals surface area contributed by atoms with Crippen LogP contribution in [0.2, 0.25) is 5.02 Å². The van der Waals surface area contributed by atoms with Crippen molar-refractivity contribution in [3.63, 3.8) is 0 Å². The van der Waals surface area contributed by atoms with Gasteiger partial charge in [-0.2, -0.15) is 0 Å². The maximum atomic E-state index is 13.3. The summed E-state index contributed by atoms with van der Waals surface area (Å²) in [4.78, 5) is 13.1. The molecule has 0 aromatic heterocycles. The summed E-state index contributed by atoms with van der Waals surface area (Å²) in [6.07, 6.45) is 0.516. The summed E-state index contributed by atoms with van der Waals surface area (Å²) >= 11 is 6.04. The van der Waals surface area contributed by atoms with Crippen LogP contribution in [-0.4, -0.2) is 27.5 Å². The zero-order chi connectivity index (χ0) is 23.0. The number of aryl methyl sites for hydroxylation is 1. The van der Waals surface area contributed by atoms with Crippen molar-refractivity contribution in [2.75, 3.05) is 16.7 Å². The Kier molecular flexibility index (Phi) is 5.88. The summed E-state index contributed by atoms with van der Waals surface area (Å²) < 4.78 is 33.3. The average molecular weight is 471 g/mol.